The van der Waals surface area contributed by atoms with Crippen molar-refractivity contribution in [1.29, 1.82) is 0 Å². The smallest absolute Gasteiger partial charge is 0.150 e. The van der Waals surface area contributed by atoms with Crippen LogP contribution in [0.5, 0.6) is 0 Å². The third kappa shape index (κ3) is 2.84. The van der Waals surface area contributed by atoms with Crippen molar-refractivity contribution in [3.05, 3.63) is 0 Å². The summed E-state index contributed by atoms with van der Waals surface area (Å²) in [7, 11) is -0.827. The van der Waals surface area contributed by atoms with Gasteiger partial charge in [-0.3, -0.25) is 0 Å². The molecular weight excluding hydrogens is 234 g/mol. The molecule has 0 aliphatic heterocycles. The molecule has 0 aromatic rings. The molecule has 0 aromatic carbocycles. The fourth-order valence-corrected chi connectivity index (χ4v) is 4.73. The number of rotatable bonds is 4. The quantitative estimate of drug-likeness (QED) is 0.839. The third-order valence-electron chi connectivity index (χ3n) is 4.84. The fraction of sp³-hybridized carbons (Fsp3) is 1.00. The van der Waals surface area contributed by atoms with Gasteiger partial charge in [0.05, 0.1) is 5.25 Å². The number of nitrogens with one attached hydrogen (secondary N) is 1. The van der Waals surface area contributed by atoms with E-state index in [-0.39, 0.29) is 5.25 Å². The zero-order chi connectivity index (χ0) is 12.7. The zero-order valence-electron chi connectivity index (χ0n) is 11.2. The van der Waals surface area contributed by atoms with E-state index in [4.69, 9.17) is 0 Å². The molecule has 2 aliphatic rings. The Balaban J connectivity index is 2.06. The molecule has 3 unspecified atom stereocenters. The summed E-state index contributed by atoms with van der Waals surface area (Å²) in [5.74, 6) is 0.543. The van der Waals surface area contributed by atoms with Crippen molar-refractivity contribution in [2.24, 2.45) is 11.3 Å². The average molecular weight is 259 g/mol. The lowest BCUT2D eigenvalue weighted by Crippen LogP contribution is -2.44. The van der Waals surface area contributed by atoms with Crippen LogP contribution in [0.2, 0.25) is 0 Å². The predicted molar refractivity (Wildman–Crippen MR) is 70.8 cm³/mol. The van der Waals surface area contributed by atoms with E-state index in [9.17, 15) is 8.42 Å². The van der Waals surface area contributed by atoms with Crippen LogP contribution in [0.3, 0.4) is 0 Å². The molecule has 17 heavy (non-hydrogen) atoms. The van der Waals surface area contributed by atoms with Gasteiger partial charge in [-0.05, 0) is 50.5 Å². The Labute approximate surface area is 105 Å². The minimum atomic E-state index is -2.85. The molecule has 3 nitrogen and oxygen atoms in total. The van der Waals surface area contributed by atoms with Crippen molar-refractivity contribution in [1.82, 2.24) is 5.32 Å². The number of hydrogen-bond donors (Lipinski definition) is 1. The van der Waals surface area contributed by atoms with Crippen LogP contribution < -0.4 is 5.32 Å². The van der Waals surface area contributed by atoms with Crippen LogP contribution in [-0.4, -0.2) is 33.0 Å². The first-order chi connectivity index (χ1) is 7.87. The molecule has 100 valence electrons. The molecule has 2 rings (SSSR count). The maximum atomic E-state index is 11.7. The predicted octanol–water partition coefficient (Wildman–Crippen LogP) is 1.98. The molecule has 1 N–H and O–H groups in total. The second kappa shape index (κ2) is 4.54. The van der Waals surface area contributed by atoms with Crippen LogP contribution in [0.15, 0.2) is 0 Å². The molecule has 0 aromatic heterocycles. The molecule has 3 atom stereocenters. The van der Waals surface area contributed by atoms with E-state index in [1.165, 1.54) is 25.5 Å². The molecular formula is C13H25NO2S. The van der Waals surface area contributed by atoms with Crippen molar-refractivity contribution in [3.63, 3.8) is 0 Å². The van der Waals surface area contributed by atoms with Crippen molar-refractivity contribution < 1.29 is 8.42 Å². The molecule has 0 saturated heterocycles. The minimum Gasteiger partial charge on any atom is -0.316 e. The van der Waals surface area contributed by atoms with Crippen LogP contribution in [0.25, 0.3) is 0 Å². The Morgan fingerprint density at radius 2 is 1.94 bits per heavy atom. The Bertz CT molecular complexity index is 373. The van der Waals surface area contributed by atoms with E-state index in [0.717, 1.165) is 19.3 Å². The van der Waals surface area contributed by atoms with Crippen molar-refractivity contribution in [3.8, 4) is 0 Å². The summed E-state index contributed by atoms with van der Waals surface area (Å²) in [6.07, 6.45) is 7.95. The fourth-order valence-electron chi connectivity index (χ4n) is 3.53. The van der Waals surface area contributed by atoms with Crippen molar-refractivity contribution in [2.75, 3.05) is 13.3 Å². The summed E-state index contributed by atoms with van der Waals surface area (Å²) < 4.78 is 23.4. The Hall–Kier alpha value is -0.0900. The lowest BCUT2D eigenvalue weighted by molar-refractivity contribution is 0.212. The summed E-state index contributed by atoms with van der Waals surface area (Å²) >= 11 is 0. The van der Waals surface area contributed by atoms with E-state index in [2.05, 4.69) is 12.2 Å². The maximum Gasteiger partial charge on any atom is 0.150 e. The monoisotopic (exact) mass is 259 g/mol. The van der Waals surface area contributed by atoms with Crippen LogP contribution in [0.1, 0.15) is 45.4 Å². The molecule has 0 heterocycles. The normalized spacial score (nSPS) is 34.3. The van der Waals surface area contributed by atoms with Crippen LogP contribution in [0.4, 0.5) is 0 Å². The van der Waals surface area contributed by atoms with Gasteiger partial charge in [-0.15, -0.1) is 0 Å². The Kier molecular flexibility index (Phi) is 3.56. The van der Waals surface area contributed by atoms with E-state index < -0.39 is 9.84 Å². The molecule has 2 aliphatic carbocycles. The average Bonchev–Trinajstić information content (AvgIpc) is 2.97. The van der Waals surface area contributed by atoms with Gasteiger partial charge in [-0.2, -0.15) is 0 Å². The second-order valence-electron chi connectivity index (χ2n) is 6.30. The molecule has 0 radical (unpaired) electrons. The van der Waals surface area contributed by atoms with Crippen LogP contribution >= 0.6 is 0 Å². The van der Waals surface area contributed by atoms with E-state index in [1.807, 2.05) is 7.05 Å². The van der Waals surface area contributed by atoms with Crippen LogP contribution in [0, 0.1) is 11.3 Å². The highest BCUT2D eigenvalue weighted by molar-refractivity contribution is 7.91. The molecule has 0 bridgehead atoms. The Morgan fingerprint density at radius 1 is 1.29 bits per heavy atom. The van der Waals surface area contributed by atoms with E-state index in [1.54, 1.807) is 0 Å². The third-order valence-corrected chi connectivity index (χ3v) is 6.48. The van der Waals surface area contributed by atoms with Gasteiger partial charge in [0.1, 0.15) is 9.84 Å². The highest BCUT2D eigenvalue weighted by Crippen LogP contribution is 2.52. The first-order valence-electron chi connectivity index (χ1n) is 6.73. The highest BCUT2D eigenvalue weighted by atomic mass is 32.2. The van der Waals surface area contributed by atoms with Gasteiger partial charge >= 0.3 is 0 Å². The molecule has 0 spiro atoms. The minimum absolute atomic E-state index is 0.0977. The van der Waals surface area contributed by atoms with Crippen molar-refractivity contribution in [2.45, 2.75) is 56.7 Å². The van der Waals surface area contributed by atoms with E-state index >= 15 is 0 Å². The topological polar surface area (TPSA) is 46.2 Å². The Morgan fingerprint density at radius 3 is 2.41 bits per heavy atom. The van der Waals surface area contributed by atoms with Gasteiger partial charge in [0.25, 0.3) is 0 Å². The molecule has 4 heteroatoms. The van der Waals surface area contributed by atoms with Gasteiger partial charge in [0.2, 0.25) is 0 Å². The number of hydrogen-bond acceptors (Lipinski definition) is 3. The first kappa shape index (κ1) is 13.3. The lowest BCUT2D eigenvalue weighted by Gasteiger charge is -2.37. The van der Waals surface area contributed by atoms with Gasteiger partial charge in [0, 0.05) is 12.3 Å². The summed E-state index contributed by atoms with van der Waals surface area (Å²) in [5, 5.41) is 3.35. The van der Waals surface area contributed by atoms with Gasteiger partial charge < -0.3 is 5.32 Å². The summed E-state index contributed by atoms with van der Waals surface area (Å²) in [6.45, 7) is 2.33. The zero-order valence-corrected chi connectivity index (χ0v) is 12.0. The van der Waals surface area contributed by atoms with Gasteiger partial charge in [-0.25, -0.2) is 8.42 Å². The summed E-state index contributed by atoms with van der Waals surface area (Å²) in [5.41, 5.74) is 0.429. The lowest BCUT2D eigenvalue weighted by atomic mass is 9.77. The highest BCUT2D eigenvalue weighted by Gasteiger charge is 2.48. The standard InChI is InChI=1S/C13H25NO2S/c1-13(7-8-13)12(14-2)10-5-4-6-11(9-10)17(3,15)16/h10-12,14H,4-9H2,1-3H3. The van der Waals surface area contributed by atoms with Gasteiger partial charge in [0.15, 0.2) is 0 Å². The maximum absolute atomic E-state index is 11.7. The molecule has 0 amide bonds. The molecule has 2 saturated carbocycles. The van der Waals surface area contributed by atoms with Crippen LogP contribution in [-0.2, 0) is 9.84 Å². The van der Waals surface area contributed by atoms with E-state index in [0.29, 0.717) is 17.4 Å². The number of sulfone groups is 1. The van der Waals surface area contributed by atoms with Gasteiger partial charge in [-0.1, -0.05) is 13.3 Å². The summed E-state index contributed by atoms with van der Waals surface area (Å²) in [4.78, 5) is 0. The van der Waals surface area contributed by atoms with Crippen molar-refractivity contribution >= 4 is 9.84 Å². The first-order valence-corrected chi connectivity index (χ1v) is 8.68. The molecule has 2 fully saturated rings. The largest absolute Gasteiger partial charge is 0.316 e. The SMILES string of the molecule is CNC(C1CCCC(S(C)(=O)=O)C1)C1(C)CC1. The summed E-state index contributed by atoms with van der Waals surface area (Å²) in [6, 6.07) is 0.507. The second-order valence-corrected chi connectivity index (χ2v) is 8.62.